The van der Waals surface area contributed by atoms with Gasteiger partial charge in [-0.2, -0.15) is 0 Å². The highest BCUT2D eigenvalue weighted by atomic mass is 32.1. The molecule has 9 nitrogen and oxygen atoms in total. The number of hydrogen-bond donors (Lipinski definition) is 0. The summed E-state index contributed by atoms with van der Waals surface area (Å²) in [6.07, 6.45) is 3.14. The fraction of sp³-hybridized carbons (Fsp3) is 0.481. The molecule has 196 valence electrons. The van der Waals surface area contributed by atoms with E-state index in [1.165, 1.54) is 17.0 Å². The number of carbonyl (C=O) groups excluding carboxylic acids is 2. The number of anilines is 2. The molecule has 2 aliphatic rings. The van der Waals surface area contributed by atoms with Crippen LogP contribution in [0.25, 0.3) is 10.2 Å². The number of aromatic nitrogens is 2. The molecule has 0 saturated carbocycles. The highest BCUT2D eigenvalue weighted by molar-refractivity contribution is 7.20. The molecular formula is C27H33N5O4S. The van der Waals surface area contributed by atoms with E-state index in [4.69, 9.17) is 9.47 Å². The van der Waals surface area contributed by atoms with Crippen molar-refractivity contribution >= 4 is 44.9 Å². The summed E-state index contributed by atoms with van der Waals surface area (Å²) in [4.78, 5) is 42.9. The summed E-state index contributed by atoms with van der Waals surface area (Å²) >= 11 is 1.42. The lowest BCUT2D eigenvalue weighted by atomic mass is 9.98. The fourth-order valence-corrected chi connectivity index (χ4v) is 6.34. The summed E-state index contributed by atoms with van der Waals surface area (Å²) < 4.78 is 10.5. The Morgan fingerprint density at radius 2 is 1.78 bits per heavy atom. The molecule has 10 heteroatoms. The van der Waals surface area contributed by atoms with E-state index in [0.29, 0.717) is 24.6 Å². The Kier molecular flexibility index (Phi) is 7.45. The third-order valence-electron chi connectivity index (χ3n) is 7.25. The first kappa shape index (κ1) is 25.3. The maximum atomic E-state index is 13.6. The average molecular weight is 524 g/mol. The van der Waals surface area contributed by atoms with Crippen molar-refractivity contribution in [3.05, 3.63) is 41.0 Å². The van der Waals surface area contributed by atoms with Crippen molar-refractivity contribution in [2.75, 3.05) is 62.8 Å². The number of likely N-dealkylation sites (tertiary alicyclic amines) is 1. The molecule has 5 rings (SSSR count). The maximum Gasteiger partial charge on any atom is 0.310 e. The number of benzene rings is 1. The summed E-state index contributed by atoms with van der Waals surface area (Å²) in [6, 6.07) is 8.15. The topological polar surface area (TPSA) is 88.1 Å². The zero-order valence-corrected chi connectivity index (χ0v) is 22.4. The number of methoxy groups -OCH3 is 1. The van der Waals surface area contributed by atoms with E-state index in [-0.39, 0.29) is 17.8 Å². The van der Waals surface area contributed by atoms with Crippen LogP contribution in [0.15, 0.2) is 30.6 Å². The molecule has 2 saturated heterocycles. The lowest BCUT2D eigenvalue weighted by Crippen LogP contribution is -2.47. The largest absolute Gasteiger partial charge is 0.497 e. The number of ether oxygens (including phenoxy) is 2. The molecule has 0 N–H and O–H groups in total. The van der Waals surface area contributed by atoms with Crippen LogP contribution in [-0.4, -0.2) is 79.7 Å². The Morgan fingerprint density at radius 1 is 1.05 bits per heavy atom. The Morgan fingerprint density at radius 3 is 2.49 bits per heavy atom. The van der Waals surface area contributed by atoms with Gasteiger partial charge in [-0.1, -0.05) is 0 Å². The predicted molar refractivity (Wildman–Crippen MR) is 145 cm³/mol. The summed E-state index contributed by atoms with van der Waals surface area (Å²) in [5, 5.41) is 0.952. The van der Waals surface area contributed by atoms with Gasteiger partial charge in [0.1, 0.15) is 22.7 Å². The van der Waals surface area contributed by atoms with E-state index >= 15 is 0 Å². The summed E-state index contributed by atoms with van der Waals surface area (Å²) in [7, 11) is 1.67. The monoisotopic (exact) mass is 523 g/mol. The molecular weight excluding hydrogens is 490 g/mol. The van der Waals surface area contributed by atoms with E-state index < -0.39 is 0 Å². The number of hydrogen-bond acceptors (Lipinski definition) is 9. The van der Waals surface area contributed by atoms with Crippen molar-refractivity contribution in [2.24, 2.45) is 5.92 Å². The zero-order valence-electron chi connectivity index (χ0n) is 21.6. The number of piperazine rings is 1. The van der Waals surface area contributed by atoms with Crippen molar-refractivity contribution in [1.29, 1.82) is 0 Å². The van der Waals surface area contributed by atoms with Crippen LogP contribution in [0, 0.1) is 12.8 Å². The van der Waals surface area contributed by atoms with Crippen LogP contribution in [0.5, 0.6) is 5.75 Å². The molecule has 3 aromatic rings. The van der Waals surface area contributed by atoms with Gasteiger partial charge in [0.15, 0.2) is 0 Å². The Bertz CT molecular complexity index is 1270. The number of thiophene rings is 1. The maximum absolute atomic E-state index is 13.6. The van der Waals surface area contributed by atoms with Crippen molar-refractivity contribution < 1.29 is 19.1 Å². The van der Waals surface area contributed by atoms with Gasteiger partial charge >= 0.3 is 5.97 Å². The lowest BCUT2D eigenvalue weighted by Gasteiger charge is -2.37. The van der Waals surface area contributed by atoms with Gasteiger partial charge in [-0.15, -0.1) is 11.3 Å². The molecule has 1 aromatic carbocycles. The smallest absolute Gasteiger partial charge is 0.310 e. The molecule has 0 bridgehead atoms. The molecule has 0 aliphatic carbocycles. The minimum Gasteiger partial charge on any atom is -0.497 e. The van der Waals surface area contributed by atoms with Crippen LogP contribution in [0.4, 0.5) is 11.5 Å². The summed E-state index contributed by atoms with van der Waals surface area (Å²) in [5.74, 6) is 1.23. The Hall–Kier alpha value is -3.40. The molecule has 2 aromatic heterocycles. The second-order valence-electron chi connectivity index (χ2n) is 9.45. The normalized spacial score (nSPS) is 18.2. The molecule has 1 atom stereocenters. The predicted octanol–water partition coefficient (Wildman–Crippen LogP) is 3.75. The third-order valence-corrected chi connectivity index (χ3v) is 8.43. The standard InChI is InChI=1S/C27H33N5O4S/c1-4-36-27(34)19-6-5-11-32(16-19)26(33)23-18(2)22-24(28-17-29-25(22)37-23)31-14-12-30(13-15-31)20-7-9-21(35-3)10-8-20/h7-10,17,19H,4-6,11-16H2,1-3H3. The van der Waals surface area contributed by atoms with Crippen LogP contribution in [0.3, 0.4) is 0 Å². The van der Waals surface area contributed by atoms with Gasteiger partial charge in [0.05, 0.1) is 29.9 Å². The Balaban J connectivity index is 1.33. The third kappa shape index (κ3) is 5.07. The highest BCUT2D eigenvalue weighted by Gasteiger charge is 2.32. The first-order chi connectivity index (χ1) is 18.0. The second kappa shape index (κ2) is 10.9. The van der Waals surface area contributed by atoms with Crippen molar-refractivity contribution in [1.82, 2.24) is 14.9 Å². The SMILES string of the molecule is CCOC(=O)C1CCCN(C(=O)c2sc3ncnc(N4CCN(c5ccc(OC)cc5)CC4)c3c2C)C1. The molecule has 4 heterocycles. The molecule has 0 spiro atoms. The average Bonchev–Trinajstić information content (AvgIpc) is 3.29. The second-order valence-corrected chi connectivity index (χ2v) is 10.4. The Labute approximate surface area is 221 Å². The number of aryl methyl sites for hydroxylation is 1. The van der Waals surface area contributed by atoms with E-state index in [1.807, 2.05) is 26.0 Å². The number of rotatable bonds is 6. The molecule has 2 aliphatic heterocycles. The van der Waals surface area contributed by atoms with Crippen LogP contribution in [0.1, 0.15) is 35.0 Å². The minimum atomic E-state index is -0.260. The zero-order chi connectivity index (χ0) is 25.9. The number of piperidine rings is 1. The molecule has 2 fully saturated rings. The number of esters is 1. The minimum absolute atomic E-state index is 0.0372. The van der Waals surface area contributed by atoms with E-state index in [2.05, 4.69) is 31.9 Å². The van der Waals surface area contributed by atoms with E-state index in [0.717, 1.165) is 66.4 Å². The number of fused-ring (bicyclic) bond motifs is 1. The molecule has 1 amide bonds. The fourth-order valence-electron chi connectivity index (χ4n) is 5.22. The number of nitrogens with zero attached hydrogens (tertiary/aromatic N) is 5. The molecule has 0 radical (unpaired) electrons. The molecule has 1 unspecified atom stereocenters. The molecule has 37 heavy (non-hydrogen) atoms. The first-order valence-corrected chi connectivity index (χ1v) is 13.7. The van der Waals surface area contributed by atoms with Gasteiger partial charge in [-0.05, 0) is 56.5 Å². The van der Waals surface area contributed by atoms with E-state index in [9.17, 15) is 9.59 Å². The van der Waals surface area contributed by atoms with Crippen molar-refractivity contribution in [3.8, 4) is 5.75 Å². The van der Waals surface area contributed by atoms with E-state index in [1.54, 1.807) is 18.3 Å². The first-order valence-electron chi connectivity index (χ1n) is 12.8. The van der Waals surface area contributed by atoms with Gasteiger partial charge in [-0.3, -0.25) is 9.59 Å². The van der Waals surface area contributed by atoms with Crippen LogP contribution < -0.4 is 14.5 Å². The van der Waals surface area contributed by atoms with Gasteiger partial charge in [0.25, 0.3) is 5.91 Å². The lowest BCUT2D eigenvalue weighted by molar-refractivity contribution is -0.149. The van der Waals surface area contributed by atoms with Crippen molar-refractivity contribution in [3.63, 3.8) is 0 Å². The summed E-state index contributed by atoms with van der Waals surface area (Å²) in [6.45, 7) is 8.58. The van der Waals surface area contributed by atoms with Gasteiger partial charge in [0.2, 0.25) is 0 Å². The van der Waals surface area contributed by atoms with Crippen LogP contribution >= 0.6 is 11.3 Å². The van der Waals surface area contributed by atoms with Crippen LogP contribution in [-0.2, 0) is 9.53 Å². The van der Waals surface area contributed by atoms with Gasteiger partial charge in [-0.25, -0.2) is 9.97 Å². The van der Waals surface area contributed by atoms with Gasteiger partial charge in [0, 0.05) is 45.0 Å². The summed E-state index contributed by atoms with van der Waals surface area (Å²) in [5.41, 5.74) is 2.09. The highest BCUT2D eigenvalue weighted by Crippen LogP contribution is 2.36. The number of amides is 1. The van der Waals surface area contributed by atoms with Crippen LogP contribution in [0.2, 0.25) is 0 Å². The van der Waals surface area contributed by atoms with Crippen molar-refractivity contribution in [2.45, 2.75) is 26.7 Å². The van der Waals surface area contributed by atoms with Gasteiger partial charge < -0.3 is 24.2 Å². The quantitative estimate of drug-likeness (QED) is 0.452. The number of carbonyl (C=O) groups is 2.